The van der Waals surface area contributed by atoms with Crippen molar-refractivity contribution in [2.24, 2.45) is 0 Å². The Balaban J connectivity index is 0.000000553. The maximum absolute atomic E-state index is 11.7. The number of hydrogen-bond donors (Lipinski definition) is 6. The smallest absolute Gasteiger partial charge is 0.305 e. The second-order valence-corrected chi connectivity index (χ2v) is 15.1. The van der Waals surface area contributed by atoms with Crippen LogP contribution in [0.3, 0.4) is 0 Å². The highest BCUT2D eigenvalue weighted by atomic mass is 16.6. The molecule has 2 aliphatic rings. The van der Waals surface area contributed by atoms with Crippen LogP contribution in [0, 0.1) is 0 Å². The highest BCUT2D eigenvalue weighted by Gasteiger charge is 2.40. The Morgan fingerprint density at radius 3 is 1.17 bits per heavy atom. The number of ether oxygens (including phenoxy) is 4. The average molecular weight is 775 g/mol. The molecular weight excluding hydrogens is 696 g/mol. The van der Waals surface area contributed by atoms with Crippen molar-refractivity contribution >= 4 is 11.9 Å². The average Bonchev–Trinajstić information content (AvgIpc) is 3.68. The van der Waals surface area contributed by atoms with Crippen molar-refractivity contribution in [3.05, 3.63) is 12.2 Å². The Labute approximate surface area is 326 Å². The summed E-state index contributed by atoms with van der Waals surface area (Å²) in [6.45, 7) is 3.98. The lowest BCUT2D eigenvalue weighted by molar-refractivity contribution is -0.151. The first kappa shape index (κ1) is 50.4. The summed E-state index contributed by atoms with van der Waals surface area (Å²) in [5, 5.41) is 57.8. The van der Waals surface area contributed by atoms with Gasteiger partial charge in [0.05, 0.1) is 13.2 Å². The molecule has 0 amide bonds. The van der Waals surface area contributed by atoms with Gasteiger partial charge >= 0.3 is 11.9 Å². The fourth-order valence-electron chi connectivity index (χ4n) is 6.54. The lowest BCUT2D eigenvalue weighted by atomic mass is 10.1. The van der Waals surface area contributed by atoms with E-state index in [1.54, 1.807) is 0 Å². The van der Waals surface area contributed by atoms with E-state index in [-0.39, 0.29) is 38.4 Å². The zero-order valence-electron chi connectivity index (χ0n) is 33.7. The molecule has 8 atom stereocenters. The van der Waals surface area contributed by atoms with Crippen LogP contribution < -0.4 is 0 Å². The predicted molar refractivity (Wildman–Crippen MR) is 209 cm³/mol. The Morgan fingerprint density at radius 1 is 0.537 bits per heavy atom. The summed E-state index contributed by atoms with van der Waals surface area (Å²) in [5.41, 5.74) is 0. The molecule has 0 aromatic rings. The summed E-state index contributed by atoms with van der Waals surface area (Å²) < 4.78 is 20.3. The number of aliphatic hydroxyl groups is 6. The third-order valence-corrected chi connectivity index (χ3v) is 10.1. The number of carbonyl (C=O) groups excluding carboxylic acids is 2. The first-order chi connectivity index (χ1) is 26.1. The van der Waals surface area contributed by atoms with Crippen molar-refractivity contribution in [3.8, 4) is 0 Å². The molecule has 0 radical (unpaired) electrons. The number of rotatable bonds is 31. The molecule has 12 nitrogen and oxygen atoms in total. The molecule has 2 fully saturated rings. The van der Waals surface area contributed by atoms with Crippen LogP contribution in [0.2, 0.25) is 0 Å². The Morgan fingerprint density at radius 2 is 0.852 bits per heavy atom. The Hall–Kier alpha value is -1.64. The molecular formula is C42H78O12. The van der Waals surface area contributed by atoms with Crippen LogP contribution in [-0.2, 0) is 28.5 Å². The molecule has 0 aromatic carbocycles. The van der Waals surface area contributed by atoms with Gasteiger partial charge < -0.3 is 49.6 Å². The van der Waals surface area contributed by atoms with Crippen molar-refractivity contribution in [2.75, 3.05) is 26.4 Å². The molecule has 2 rings (SSSR count). The van der Waals surface area contributed by atoms with E-state index in [9.17, 15) is 40.2 Å². The van der Waals surface area contributed by atoms with Crippen LogP contribution in [-0.4, -0.2) is 118 Å². The summed E-state index contributed by atoms with van der Waals surface area (Å²) in [5.74, 6) is -0.690. The molecule has 0 saturated carbocycles. The second-order valence-electron chi connectivity index (χ2n) is 15.1. The van der Waals surface area contributed by atoms with E-state index in [0.717, 1.165) is 44.9 Å². The topological polar surface area (TPSA) is 192 Å². The van der Waals surface area contributed by atoms with Crippen LogP contribution in [0.25, 0.3) is 0 Å². The van der Waals surface area contributed by atoms with Crippen molar-refractivity contribution in [1.82, 2.24) is 0 Å². The quantitative estimate of drug-likeness (QED) is 0.0275. The Kier molecular flexibility index (Phi) is 31.2. The van der Waals surface area contributed by atoms with Crippen LogP contribution in [0.1, 0.15) is 168 Å². The summed E-state index contributed by atoms with van der Waals surface area (Å²) in [4.78, 5) is 23.4. The van der Waals surface area contributed by atoms with Gasteiger partial charge in [-0.3, -0.25) is 9.59 Å². The first-order valence-corrected chi connectivity index (χ1v) is 21.4. The third kappa shape index (κ3) is 24.8. The van der Waals surface area contributed by atoms with E-state index >= 15 is 0 Å². The Bertz CT molecular complexity index is 933. The number of hydrogen-bond acceptors (Lipinski definition) is 12. The lowest BCUT2D eigenvalue weighted by Gasteiger charge is -2.20. The standard InChI is InChI=1S/C24H44O6.C18H34O6/c1-2-3-4-5-6-7-8-9-10-11-12-13-14-15-16-17-22(27)29-19-21(26)24-23(28)20(25)18-30-24;1-2-3-4-5-6-7-8-9-10-11-16(21)23-13-15(20)18-17(22)14(19)12-24-18/h9-10,20-21,23-26,28H,2-8,11-19H2,1H3;14-15,17-20,22H,2-13H2,1H3/b10-9-;/t20-,21+,23+,24+;14-,15+,17+,18+/m00/s1. The second kappa shape index (κ2) is 33.5. The summed E-state index contributed by atoms with van der Waals surface area (Å²) in [6.07, 6.45) is 23.3. The maximum atomic E-state index is 11.7. The molecule has 54 heavy (non-hydrogen) atoms. The minimum Gasteiger partial charge on any atom is -0.463 e. The lowest BCUT2D eigenvalue weighted by Crippen LogP contribution is -2.41. The molecule has 2 saturated heterocycles. The number of unbranched alkanes of at least 4 members (excludes halogenated alkanes) is 19. The largest absolute Gasteiger partial charge is 0.463 e. The SMILES string of the molecule is CCCCCCCC/C=C\CCCCCCCC(=O)OC[C@@H](O)[C@H]1OC[C@H](O)[C@H]1O.CCCCCCCCCCCC(=O)OC[C@@H](O)[C@H]1OC[C@H](O)[C@H]1O. The molecule has 0 bridgehead atoms. The van der Waals surface area contributed by atoms with Crippen molar-refractivity contribution in [1.29, 1.82) is 0 Å². The molecule has 0 aliphatic carbocycles. The van der Waals surface area contributed by atoms with Crippen LogP contribution in [0.15, 0.2) is 12.2 Å². The summed E-state index contributed by atoms with van der Waals surface area (Å²) >= 11 is 0. The molecule has 318 valence electrons. The van der Waals surface area contributed by atoms with Gasteiger partial charge in [0.15, 0.2) is 0 Å². The van der Waals surface area contributed by atoms with Gasteiger partial charge in [0, 0.05) is 12.8 Å². The van der Waals surface area contributed by atoms with E-state index in [0.29, 0.717) is 12.8 Å². The number of aliphatic hydroxyl groups excluding tert-OH is 6. The maximum Gasteiger partial charge on any atom is 0.305 e. The van der Waals surface area contributed by atoms with E-state index in [4.69, 9.17) is 18.9 Å². The van der Waals surface area contributed by atoms with E-state index in [2.05, 4.69) is 26.0 Å². The molecule has 0 spiro atoms. The number of carbonyl (C=O) groups is 2. The van der Waals surface area contributed by atoms with E-state index in [1.807, 2.05) is 0 Å². The summed E-state index contributed by atoms with van der Waals surface area (Å²) in [6, 6.07) is 0. The predicted octanol–water partition coefficient (Wildman–Crippen LogP) is 5.98. The minimum atomic E-state index is -1.15. The third-order valence-electron chi connectivity index (χ3n) is 10.1. The molecule has 2 aliphatic heterocycles. The molecule has 12 heteroatoms. The molecule has 0 unspecified atom stereocenters. The molecule has 2 heterocycles. The fraction of sp³-hybridized carbons (Fsp3) is 0.905. The zero-order chi connectivity index (χ0) is 39.8. The van der Waals surface area contributed by atoms with Gasteiger partial charge in [0.2, 0.25) is 0 Å². The molecule has 0 aromatic heterocycles. The zero-order valence-corrected chi connectivity index (χ0v) is 33.7. The molecule has 6 N–H and O–H groups in total. The van der Waals surface area contributed by atoms with Gasteiger partial charge in [0.1, 0.15) is 62.0 Å². The summed E-state index contributed by atoms with van der Waals surface area (Å²) in [7, 11) is 0. The van der Waals surface area contributed by atoms with Crippen molar-refractivity contribution < 1.29 is 59.2 Å². The van der Waals surface area contributed by atoms with Crippen LogP contribution in [0.5, 0.6) is 0 Å². The number of esters is 2. The van der Waals surface area contributed by atoms with Crippen LogP contribution in [0.4, 0.5) is 0 Å². The van der Waals surface area contributed by atoms with E-state index < -0.39 is 48.8 Å². The highest BCUT2D eigenvalue weighted by molar-refractivity contribution is 5.69. The van der Waals surface area contributed by atoms with Gasteiger partial charge in [-0.05, 0) is 38.5 Å². The van der Waals surface area contributed by atoms with Crippen molar-refractivity contribution in [2.45, 2.75) is 217 Å². The normalized spacial score (nSPS) is 23.6. The van der Waals surface area contributed by atoms with Gasteiger partial charge in [-0.1, -0.05) is 129 Å². The van der Waals surface area contributed by atoms with E-state index in [1.165, 1.54) is 96.3 Å². The van der Waals surface area contributed by atoms with Crippen molar-refractivity contribution in [3.63, 3.8) is 0 Å². The fourth-order valence-corrected chi connectivity index (χ4v) is 6.54. The number of allylic oxidation sites excluding steroid dienone is 2. The van der Waals surface area contributed by atoms with Gasteiger partial charge in [0.25, 0.3) is 0 Å². The monoisotopic (exact) mass is 775 g/mol. The first-order valence-electron chi connectivity index (χ1n) is 21.4. The van der Waals surface area contributed by atoms with Gasteiger partial charge in [-0.15, -0.1) is 0 Å². The minimum absolute atomic E-state index is 0.0186. The van der Waals surface area contributed by atoms with Crippen LogP contribution >= 0.6 is 0 Å². The highest BCUT2D eigenvalue weighted by Crippen LogP contribution is 2.20. The van der Waals surface area contributed by atoms with Gasteiger partial charge in [-0.25, -0.2) is 0 Å². The van der Waals surface area contributed by atoms with Gasteiger partial charge in [-0.2, -0.15) is 0 Å².